The Bertz CT molecular complexity index is 946. The van der Waals surface area contributed by atoms with Crippen molar-refractivity contribution in [3.05, 3.63) is 41.3 Å². The van der Waals surface area contributed by atoms with E-state index in [4.69, 9.17) is 0 Å². The molecule has 2 amide bonds. The number of nitrogens with zero attached hydrogens (tertiary/aromatic N) is 2. The van der Waals surface area contributed by atoms with Crippen molar-refractivity contribution in [1.82, 2.24) is 15.2 Å². The van der Waals surface area contributed by atoms with Crippen LogP contribution in [0.5, 0.6) is 0 Å². The number of thiazole rings is 1. The van der Waals surface area contributed by atoms with Gasteiger partial charge in [-0.1, -0.05) is 18.6 Å². The summed E-state index contributed by atoms with van der Waals surface area (Å²) in [4.78, 5) is 32.7. The van der Waals surface area contributed by atoms with E-state index in [9.17, 15) is 9.59 Å². The summed E-state index contributed by atoms with van der Waals surface area (Å²) in [6, 6.07) is 11.9. The summed E-state index contributed by atoms with van der Waals surface area (Å²) < 4.78 is 1.15. The molecule has 0 atom stereocenters. The van der Waals surface area contributed by atoms with Gasteiger partial charge in [0.1, 0.15) is 5.01 Å². The van der Waals surface area contributed by atoms with Gasteiger partial charge in [0.05, 0.1) is 20.0 Å². The lowest BCUT2D eigenvalue weighted by atomic mass is 10.2. The molecule has 1 saturated heterocycles. The van der Waals surface area contributed by atoms with Crippen molar-refractivity contribution < 1.29 is 9.59 Å². The number of hydrogen-bond donors (Lipinski definition) is 1. The maximum Gasteiger partial charge on any atom is 0.261 e. The quantitative estimate of drug-likeness (QED) is 0.603. The first-order valence-corrected chi connectivity index (χ1v) is 11.4. The molecule has 5 nitrogen and oxygen atoms in total. The number of nitrogens with one attached hydrogen (secondary N) is 1. The molecular formula is C21H23N3O2S2. The Hall–Kier alpha value is -2.25. The van der Waals surface area contributed by atoms with Gasteiger partial charge < -0.3 is 10.2 Å². The molecule has 3 heterocycles. The number of rotatable bonds is 6. The Balaban J connectivity index is 1.30. The normalized spacial score (nSPS) is 15.0. The van der Waals surface area contributed by atoms with Crippen molar-refractivity contribution in [2.45, 2.75) is 32.1 Å². The summed E-state index contributed by atoms with van der Waals surface area (Å²) in [7, 11) is 0. The third-order valence-electron chi connectivity index (χ3n) is 4.90. The molecule has 28 heavy (non-hydrogen) atoms. The Morgan fingerprint density at radius 2 is 2.00 bits per heavy atom. The zero-order valence-corrected chi connectivity index (χ0v) is 17.3. The predicted octanol–water partition coefficient (Wildman–Crippen LogP) is 4.55. The fraction of sp³-hybridized carbons (Fsp3) is 0.381. The Morgan fingerprint density at radius 3 is 2.89 bits per heavy atom. The van der Waals surface area contributed by atoms with Crippen LogP contribution in [-0.2, 0) is 4.79 Å². The standard InChI is InChI=1S/C21H23N3O2S2/c25-19-9-2-1-5-13-24(19)14-6-12-22-20(26)17-10-11-18(27-17)21-23-15-7-3-4-8-16(15)28-21/h3-4,7-8,10-11H,1-2,5-6,9,12-14H2,(H,22,26). The van der Waals surface area contributed by atoms with E-state index < -0.39 is 0 Å². The van der Waals surface area contributed by atoms with Crippen molar-refractivity contribution >= 4 is 44.7 Å². The van der Waals surface area contributed by atoms with Crippen molar-refractivity contribution in [3.63, 3.8) is 0 Å². The third kappa shape index (κ3) is 4.42. The second-order valence-corrected chi connectivity index (χ2v) is 9.07. The van der Waals surface area contributed by atoms with Gasteiger partial charge >= 0.3 is 0 Å². The van der Waals surface area contributed by atoms with Crippen molar-refractivity contribution in [1.29, 1.82) is 0 Å². The number of benzene rings is 1. The van der Waals surface area contributed by atoms with E-state index in [1.807, 2.05) is 35.2 Å². The first kappa shape index (κ1) is 19.1. The number of amides is 2. The van der Waals surface area contributed by atoms with Gasteiger partial charge in [0.2, 0.25) is 5.91 Å². The van der Waals surface area contributed by atoms with Gasteiger partial charge in [-0.25, -0.2) is 4.98 Å². The number of para-hydroxylation sites is 1. The van der Waals surface area contributed by atoms with Crippen LogP contribution in [0.2, 0.25) is 0 Å². The summed E-state index contributed by atoms with van der Waals surface area (Å²) in [5.74, 6) is 0.196. The van der Waals surface area contributed by atoms with E-state index in [2.05, 4.69) is 16.4 Å². The van der Waals surface area contributed by atoms with Crippen molar-refractivity contribution in [2.24, 2.45) is 0 Å². The second-order valence-electron chi connectivity index (χ2n) is 6.95. The van der Waals surface area contributed by atoms with Gasteiger partial charge in [0.15, 0.2) is 0 Å². The minimum Gasteiger partial charge on any atom is -0.351 e. The molecule has 0 unspecified atom stereocenters. The molecule has 0 spiro atoms. The van der Waals surface area contributed by atoms with E-state index in [0.717, 1.165) is 58.9 Å². The summed E-state index contributed by atoms with van der Waals surface area (Å²) >= 11 is 3.11. The lowest BCUT2D eigenvalue weighted by molar-refractivity contribution is -0.130. The average molecular weight is 414 g/mol. The first-order valence-electron chi connectivity index (χ1n) is 9.72. The number of carbonyl (C=O) groups excluding carboxylic acids is 2. The fourth-order valence-corrected chi connectivity index (χ4v) is 5.33. The van der Waals surface area contributed by atoms with Crippen LogP contribution < -0.4 is 5.32 Å². The zero-order chi connectivity index (χ0) is 19.3. The Labute approximate surface area is 172 Å². The van der Waals surface area contributed by atoms with Crippen LogP contribution in [0, 0.1) is 0 Å². The minimum absolute atomic E-state index is 0.0560. The number of thiophene rings is 1. The molecule has 1 aliphatic heterocycles. The molecule has 3 aromatic rings. The van der Waals surface area contributed by atoms with Crippen LogP contribution >= 0.6 is 22.7 Å². The molecule has 4 rings (SSSR count). The van der Waals surface area contributed by atoms with Gasteiger partial charge in [-0.3, -0.25) is 9.59 Å². The van der Waals surface area contributed by atoms with Gasteiger partial charge in [0.25, 0.3) is 5.91 Å². The summed E-state index contributed by atoms with van der Waals surface area (Å²) in [5, 5.41) is 3.93. The Kier molecular flexibility index (Phi) is 6.02. The number of aromatic nitrogens is 1. The van der Waals surface area contributed by atoms with Crippen LogP contribution in [-0.4, -0.2) is 41.3 Å². The smallest absolute Gasteiger partial charge is 0.261 e. The molecule has 1 aliphatic rings. The highest BCUT2D eigenvalue weighted by molar-refractivity contribution is 7.26. The monoisotopic (exact) mass is 413 g/mol. The van der Waals surface area contributed by atoms with Gasteiger partial charge in [-0.05, 0) is 43.5 Å². The van der Waals surface area contributed by atoms with Gasteiger partial charge in [0, 0.05) is 26.1 Å². The molecule has 146 valence electrons. The SMILES string of the molecule is O=C(NCCCN1CCCCCC1=O)c1ccc(-c2nc3ccccc3s2)s1. The predicted molar refractivity (Wildman–Crippen MR) is 115 cm³/mol. The molecule has 1 aromatic carbocycles. The van der Waals surface area contributed by atoms with Gasteiger partial charge in [-0.15, -0.1) is 22.7 Å². The highest BCUT2D eigenvalue weighted by atomic mass is 32.1. The Morgan fingerprint density at radius 1 is 1.11 bits per heavy atom. The topological polar surface area (TPSA) is 62.3 Å². The average Bonchev–Trinajstić information content (AvgIpc) is 3.31. The second kappa shape index (κ2) is 8.84. The molecule has 0 aliphatic carbocycles. The zero-order valence-electron chi connectivity index (χ0n) is 15.6. The fourth-order valence-electron chi connectivity index (χ4n) is 3.39. The lowest BCUT2D eigenvalue weighted by Gasteiger charge is -2.20. The van der Waals surface area contributed by atoms with Crippen LogP contribution in [0.25, 0.3) is 20.1 Å². The lowest BCUT2D eigenvalue weighted by Crippen LogP contribution is -2.33. The van der Waals surface area contributed by atoms with Crippen LogP contribution in [0.15, 0.2) is 36.4 Å². The van der Waals surface area contributed by atoms with E-state index in [-0.39, 0.29) is 11.8 Å². The molecule has 2 aromatic heterocycles. The van der Waals surface area contributed by atoms with E-state index >= 15 is 0 Å². The molecule has 7 heteroatoms. The van der Waals surface area contributed by atoms with Crippen LogP contribution in [0.3, 0.4) is 0 Å². The summed E-state index contributed by atoms with van der Waals surface area (Å²) in [5.41, 5.74) is 0.991. The first-order chi connectivity index (χ1) is 13.7. The van der Waals surface area contributed by atoms with Crippen molar-refractivity contribution in [3.8, 4) is 9.88 Å². The molecular weight excluding hydrogens is 390 g/mol. The van der Waals surface area contributed by atoms with E-state index in [1.165, 1.54) is 11.3 Å². The number of carbonyl (C=O) groups is 2. The van der Waals surface area contributed by atoms with E-state index in [1.54, 1.807) is 11.3 Å². The number of hydrogen-bond acceptors (Lipinski definition) is 5. The number of likely N-dealkylation sites (tertiary alicyclic amines) is 1. The summed E-state index contributed by atoms with van der Waals surface area (Å²) in [6.45, 7) is 2.15. The van der Waals surface area contributed by atoms with Crippen molar-refractivity contribution in [2.75, 3.05) is 19.6 Å². The van der Waals surface area contributed by atoms with Gasteiger partial charge in [-0.2, -0.15) is 0 Å². The summed E-state index contributed by atoms with van der Waals surface area (Å²) in [6.07, 6.45) is 4.67. The highest BCUT2D eigenvalue weighted by Crippen LogP contribution is 2.34. The highest BCUT2D eigenvalue weighted by Gasteiger charge is 2.16. The molecule has 0 saturated carbocycles. The molecule has 1 fully saturated rings. The van der Waals surface area contributed by atoms with E-state index in [0.29, 0.717) is 17.8 Å². The maximum atomic E-state index is 12.4. The van der Waals surface area contributed by atoms with Crippen LogP contribution in [0.4, 0.5) is 0 Å². The minimum atomic E-state index is -0.0560. The molecule has 1 N–H and O–H groups in total. The van der Waals surface area contributed by atoms with Crippen LogP contribution in [0.1, 0.15) is 41.8 Å². The molecule has 0 radical (unpaired) electrons. The largest absolute Gasteiger partial charge is 0.351 e. The number of fused-ring (bicyclic) bond motifs is 1. The maximum absolute atomic E-state index is 12.4. The molecule has 0 bridgehead atoms. The third-order valence-corrected chi connectivity index (χ3v) is 7.19.